The Morgan fingerprint density at radius 1 is 1.56 bits per heavy atom. The van der Waals surface area contributed by atoms with Crippen molar-refractivity contribution in [3.8, 4) is 0 Å². The van der Waals surface area contributed by atoms with Crippen molar-refractivity contribution in [2.75, 3.05) is 13.0 Å². The lowest BCUT2D eigenvalue weighted by Gasteiger charge is -2.08. The zero-order valence-electron chi connectivity index (χ0n) is 9.72. The minimum absolute atomic E-state index is 0.0207. The van der Waals surface area contributed by atoms with E-state index in [4.69, 9.17) is 27.5 Å². The van der Waals surface area contributed by atoms with Gasteiger partial charge in [-0.25, -0.2) is 4.99 Å². The number of nitrogens with one attached hydrogen (secondary N) is 1. The van der Waals surface area contributed by atoms with Crippen molar-refractivity contribution in [2.45, 2.75) is 0 Å². The fourth-order valence-corrected chi connectivity index (χ4v) is 1.36. The Hall–Kier alpha value is -1.57. The molecule has 0 saturated carbocycles. The minimum Gasteiger partial charge on any atom is -0.481 e. The SMILES string of the molecule is COC(=N)c1ccc(B(O)O)c(N=C(N)CCl)c1. The first-order valence-corrected chi connectivity index (χ1v) is 5.55. The molecule has 0 unspecified atom stereocenters. The Bertz CT molecular complexity index is 479. The number of hydrogen-bond donors (Lipinski definition) is 4. The lowest BCUT2D eigenvalue weighted by Crippen LogP contribution is -2.31. The van der Waals surface area contributed by atoms with Gasteiger partial charge in [-0.3, -0.25) is 5.41 Å². The topological polar surface area (TPSA) is 112 Å². The molecule has 0 bridgehead atoms. The molecule has 0 fully saturated rings. The predicted octanol–water partition coefficient (Wildman–Crippen LogP) is -0.434. The number of nitrogens with two attached hydrogens (primary N) is 1. The first-order chi connectivity index (χ1) is 8.49. The number of alkyl halides is 1. The van der Waals surface area contributed by atoms with Crippen molar-refractivity contribution < 1.29 is 14.8 Å². The van der Waals surface area contributed by atoms with Gasteiger partial charge in [-0.15, -0.1) is 11.6 Å². The molecule has 0 saturated heterocycles. The van der Waals surface area contributed by atoms with Crippen LogP contribution in [0.1, 0.15) is 5.56 Å². The summed E-state index contributed by atoms with van der Waals surface area (Å²) < 4.78 is 4.78. The van der Waals surface area contributed by atoms with Gasteiger partial charge in [-0.05, 0) is 12.1 Å². The number of aliphatic imine (C=N–C) groups is 1. The van der Waals surface area contributed by atoms with Gasteiger partial charge in [0.25, 0.3) is 0 Å². The van der Waals surface area contributed by atoms with Crippen LogP contribution in [0, 0.1) is 5.41 Å². The quantitative estimate of drug-likeness (QED) is 0.257. The normalized spacial score (nSPS) is 11.2. The van der Waals surface area contributed by atoms with Gasteiger partial charge in [0.05, 0.1) is 18.7 Å². The van der Waals surface area contributed by atoms with E-state index >= 15 is 0 Å². The number of rotatable bonds is 4. The van der Waals surface area contributed by atoms with Gasteiger partial charge < -0.3 is 20.5 Å². The maximum absolute atomic E-state index is 9.20. The molecule has 5 N–H and O–H groups in total. The van der Waals surface area contributed by atoms with Crippen LogP contribution in [-0.4, -0.2) is 41.9 Å². The highest BCUT2D eigenvalue weighted by Crippen LogP contribution is 2.13. The van der Waals surface area contributed by atoms with Gasteiger partial charge in [0.1, 0.15) is 5.84 Å². The van der Waals surface area contributed by atoms with Gasteiger partial charge >= 0.3 is 7.12 Å². The molecule has 1 aromatic rings. The van der Waals surface area contributed by atoms with Crippen LogP contribution in [-0.2, 0) is 4.74 Å². The molecule has 8 heteroatoms. The first-order valence-electron chi connectivity index (χ1n) is 5.01. The number of nitrogens with zero attached hydrogens (tertiary/aromatic N) is 1. The largest absolute Gasteiger partial charge is 0.490 e. The number of hydrogen-bond acceptors (Lipinski definition) is 5. The van der Waals surface area contributed by atoms with E-state index in [-0.39, 0.29) is 28.8 Å². The summed E-state index contributed by atoms with van der Waals surface area (Å²) in [7, 11) is -0.314. The van der Waals surface area contributed by atoms with Crippen LogP contribution in [0.25, 0.3) is 0 Å². The van der Waals surface area contributed by atoms with E-state index in [0.29, 0.717) is 5.56 Å². The molecule has 0 radical (unpaired) electrons. The molecule has 0 aliphatic rings. The monoisotopic (exact) mass is 269 g/mol. The van der Waals surface area contributed by atoms with E-state index in [2.05, 4.69) is 4.99 Å². The standard InChI is InChI=1S/C10H13BClN3O3/c1-18-10(14)6-2-3-7(11(16)17)8(4-6)15-9(13)5-12/h2-4,14,16-17H,5H2,1H3,(H2,13,15). The van der Waals surface area contributed by atoms with Crippen LogP contribution < -0.4 is 11.2 Å². The lowest BCUT2D eigenvalue weighted by molar-refractivity contribution is 0.401. The second-order valence-electron chi connectivity index (χ2n) is 3.42. The summed E-state index contributed by atoms with van der Waals surface area (Å²) in [4.78, 5) is 3.97. The highest BCUT2D eigenvalue weighted by molar-refractivity contribution is 6.60. The molecule has 6 nitrogen and oxygen atoms in total. The molecule has 0 heterocycles. The highest BCUT2D eigenvalue weighted by Gasteiger charge is 2.17. The third kappa shape index (κ3) is 3.46. The molecular formula is C10H13BClN3O3. The molecule has 0 spiro atoms. The third-order valence-electron chi connectivity index (χ3n) is 2.18. The number of amidine groups is 1. The summed E-state index contributed by atoms with van der Waals surface area (Å²) in [6.45, 7) is 0. The van der Waals surface area contributed by atoms with Gasteiger partial charge in [-0.1, -0.05) is 6.07 Å². The van der Waals surface area contributed by atoms with Crippen LogP contribution in [0.2, 0.25) is 0 Å². The number of methoxy groups -OCH3 is 1. The maximum Gasteiger partial charge on any atom is 0.490 e. The van der Waals surface area contributed by atoms with Crippen molar-refractivity contribution in [3.63, 3.8) is 0 Å². The van der Waals surface area contributed by atoms with E-state index in [1.165, 1.54) is 25.3 Å². The summed E-state index contributed by atoms with van der Waals surface area (Å²) in [5.41, 5.74) is 6.36. The summed E-state index contributed by atoms with van der Waals surface area (Å²) in [5, 5.41) is 25.9. The molecule has 96 valence electrons. The molecule has 0 aliphatic heterocycles. The average molecular weight is 269 g/mol. The van der Waals surface area contributed by atoms with Crippen molar-refractivity contribution in [2.24, 2.45) is 10.7 Å². The Labute approximate surface area is 110 Å². The van der Waals surface area contributed by atoms with Crippen LogP contribution in [0.3, 0.4) is 0 Å². The molecule has 0 aromatic heterocycles. The average Bonchev–Trinajstić information content (AvgIpc) is 2.37. The smallest absolute Gasteiger partial charge is 0.481 e. The molecule has 1 rings (SSSR count). The van der Waals surface area contributed by atoms with Crippen molar-refractivity contribution >= 4 is 41.6 Å². The highest BCUT2D eigenvalue weighted by atomic mass is 35.5. The molecule has 18 heavy (non-hydrogen) atoms. The zero-order chi connectivity index (χ0) is 13.7. The number of benzene rings is 1. The van der Waals surface area contributed by atoms with Crippen molar-refractivity contribution in [3.05, 3.63) is 23.8 Å². The molecule has 0 aliphatic carbocycles. The number of halogens is 1. The second-order valence-corrected chi connectivity index (χ2v) is 3.68. The Kier molecular flexibility index (Phi) is 5.15. The maximum atomic E-state index is 9.20. The van der Waals surface area contributed by atoms with Crippen LogP contribution in [0.4, 0.5) is 5.69 Å². The lowest BCUT2D eigenvalue weighted by atomic mass is 9.78. The Morgan fingerprint density at radius 2 is 2.22 bits per heavy atom. The van der Waals surface area contributed by atoms with Crippen LogP contribution in [0.5, 0.6) is 0 Å². The second kappa shape index (κ2) is 6.39. The van der Waals surface area contributed by atoms with E-state index in [1.807, 2.05) is 0 Å². The molecule has 0 atom stereocenters. The summed E-state index contributed by atoms with van der Waals surface area (Å²) in [5.74, 6) is 0.0990. The predicted molar refractivity (Wildman–Crippen MR) is 72.1 cm³/mol. The fraction of sp³-hybridized carbons (Fsp3) is 0.200. The van der Waals surface area contributed by atoms with Gasteiger partial charge in [0, 0.05) is 11.0 Å². The van der Waals surface area contributed by atoms with Gasteiger partial charge in [0.15, 0.2) is 0 Å². The summed E-state index contributed by atoms with van der Waals surface area (Å²) >= 11 is 5.52. The molecular weight excluding hydrogens is 256 g/mol. The molecule has 0 amide bonds. The first kappa shape index (κ1) is 14.5. The summed E-state index contributed by atoms with van der Waals surface area (Å²) in [6.07, 6.45) is 0. The van der Waals surface area contributed by atoms with Crippen molar-refractivity contribution in [1.82, 2.24) is 0 Å². The van der Waals surface area contributed by atoms with E-state index in [0.717, 1.165) is 0 Å². The third-order valence-corrected chi connectivity index (χ3v) is 2.45. The van der Waals surface area contributed by atoms with Gasteiger partial charge in [-0.2, -0.15) is 0 Å². The molecule has 1 aromatic carbocycles. The van der Waals surface area contributed by atoms with Crippen LogP contribution >= 0.6 is 11.6 Å². The fourth-order valence-electron chi connectivity index (χ4n) is 1.30. The summed E-state index contributed by atoms with van der Waals surface area (Å²) in [6, 6.07) is 4.43. The van der Waals surface area contributed by atoms with E-state index in [1.54, 1.807) is 0 Å². The minimum atomic E-state index is -1.68. The van der Waals surface area contributed by atoms with E-state index in [9.17, 15) is 10.0 Å². The van der Waals surface area contributed by atoms with Crippen LogP contribution in [0.15, 0.2) is 23.2 Å². The number of ether oxygens (including phenoxy) is 1. The van der Waals surface area contributed by atoms with Gasteiger partial charge in [0.2, 0.25) is 5.90 Å². The van der Waals surface area contributed by atoms with E-state index < -0.39 is 7.12 Å². The Morgan fingerprint density at radius 3 is 2.72 bits per heavy atom. The zero-order valence-corrected chi connectivity index (χ0v) is 10.5. The van der Waals surface area contributed by atoms with Crippen molar-refractivity contribution in [1.29, 1.82) is 5.41 Å². The Balaban J connectivity index is 3.28.